The number of carbonyl (C=O) groups excluding carboxylic acids is 2. The molecule has 10 heteroatoms. The van der Waals surface area contributed by atoms with Crippen LogP contribution in [0.3, 0.4) is 0 Å². The topological polar surface area (TPSA) is 89.3 Å². The fourth-order valence-corrected chi connectivity index (χ4v) is 5.35. The van der Waals surface area contributed by atoms with Crippen LogP contribution in [0, 0.1) is 17.4 Å². The van der Waals surface area contributed by atoms with Crippen LogP contribution in [0.1, 0.15) is 70.0 Å². The van der Waals surface area contributed by atoms with Crippen molar-refractivity contribution in [2.45, 2.75) is 82.6 Å². The Bertz CT molecular complexity index is 1200. The van der Waals surface area contributed by atoms with Crippen LogP contribution in [0.5, 0.6) is 0 Å². The molecule has 2 aromatic rings. The first kappa shape index (κ1) is 28.4. The molecule has 3 atom stereocenters. The summed E-state index contributed by atoms with van der Waals surface area (Å²) < 4.78 is 41.6. The number of carbonyl (C=O) groups is 2. The van der Waals surface area contributed by atoms with E-state index in [4.69, 9.17) is 0 Å². The summed E-state index contributed by atoms with van der Waals surface area (Å²) in [6, 6.07) is 7.02. The van der Waals surface area contributed by atoms with Crippen LogP contribution in [-0.4, -0.2) is 46.5 Å². The highest BCUT2D eigenvalue weighted by Gasteiger charge is 2.59. The molecule has 1 N–H and O–H groups in total. The first-order valence-electron chi connectivity index (χ1n) is 13.3. The van der Waals surface area contributed by atoms with Crippen molar-refractivity contribution in [2.75, 3.05) is 11.4 Å². The molecule has 4 rings (SSSR count). The van der Waals surface area contributed by atoms with Crippen LogP contribution in [0.2, 0.25) is 0 Å². The van der Waals surface area contributed by atoms with Crippen molar-refractivity contribution in [3.8, 4) is 6.19 Å². The molecule has 2 amide bonds. The van der Waals surface area contributed by atoms with E-state index in [1.165, 1.54) is 12.4 Å². The average Bonchev–Trinajstić information content (AvgIpc) is 2.86. The van der Waals surface area contributed by atoms with E-state index in [0.29, 0.717) is 5.56 Å². The Hall–Kier alpha value is -3.61. The lowest BCUT2D eigenvalue weighted by molar-refractivity contribution is -0.220. The highest BCUT2D eigenvalue weighted by Crippen LogP contribution is 2.41. The second-order valence-electron chi connectivity index (χ2n) is 11.4. The first-order valence-corrected chi connectivity index (χ1v) is 13.3. The summed E-state index contributed by atoms with van der Waals surface area (Å²) in [6.45, 7) is 5.47. The van der Waals surface area contributed by atoms with Gasteiger partial charge >= 0.3 is 6.18 Å². The number of likely N-dealkylation sites (tertiary alicyclic amines) is 1. The predicted octanol–water partition coefficient (Wildman–Crippen LogP) is 5.25. The Balaban J connectivity index is 1.81. The molecule has 0 bridgehead atoms. The number of benzene rings is 1. The molecule has 1 aromatic heterocycles. The number of nitrogens with one attached hydrogen (secondary N) is 1. The Labute approximate surface area is 227 Å². The molecule has 3 unspecified atom stereocenters. The highest BCUT2D eigenvalue weighted by molar-refractivity contribution is 6.04. The summed E-state index contributed by atoms with van der Waals surface area (Å²) in [6.07, 6.45) is 4.59. The summed E-state index contributed by atoms with van der Waals surface area (Å²) in [4.78, 5) is 34.0. The van der Waals surface area contributed by atoms with Crippen LogP contribution in [0.25, 0.3) is 0 Å². The van der Waals surface area contributed by atoms with Gasteiger partial charge in [-0.05, 0) is 42.0 Å². The van der Waals surface area contributed by atoms with Crippen molar-refractivity contribution in [1.82, 2.24) is 15.2 Å². The molecule has 7 nitrogen and oxygen atoms in total. The maximum absolute atomic E-state index is 14.1. The quantitative estimate of drug-likeness (QED) is 0.505. The monoisotopic (exact) mass is 541 g/mol. The van der Waals surface area contributed by atoms with Gasteiger partial charge in [-0.3, -0.25) is 24.4 Å². The van der Waals surface area contributed by atoms with Gasteiger partial charge in [-0.1, -0.05) is 58.2 Å². The van der Waals surface area contributed by atoms with Crippen LogP contribution < -0.4 is 10.2 Å². The number of hydrogen-bond acceptors (Lipinski definition) is 5. The van der Waals surface area contributed by atoms with E-state index in [1.54, 1.807) is 42.6 Å². The van der Waals surface area contributed by atoms with Crippen molar-refractivity contribution in [2.24, 2.45) is 5.92 Å². The predicted molar refractivity (Wildman–Crippen MR) is 140 cm³/mol. The molecule has 39 heavy (non-hydrogen) atoms. The molecule has 2 fully saturated rings. The molecule has 1 aromatic carbocycles. The molecule has 0 spiro atoms. The maximum Gasteiger partial charge on any atom is 0.396 e. The number of aromatic nitrogens is 1. The molecule has 1 saturated heterocycles. The number of hydrogen-bond donors (Lipinski definition) is 1. The zero-order valence-electron chi connectivity index (χ0n) is 22.4. The molecule has 1 saturated carbocycles. The van der Waals surface area contributed by atoms with Crippen molar-refractivity contribution in [1.29, 1.82) is 5.26 Å². The minimum Gasteiger partial charge on any atom is -0.351 e. The highest BCUT2D eigenvalue weighted by atomic mass is 19.4. The molecule has 208 valence electrons. The fourth-order valence-electron chi connectivity index (χ4n) is 5.35. The Morgan fingerprint density at radius 3 is 2.31 bits per heavy atom. The van der Waals surface area contributed by atoms with Crippen molar-refractivity contribution in [3.63, 3.8) is 0 Å². The van der Waals surface area contributed by atoms with Gasteiger partial charge in [0.05, 0.1) is 0 Å². The molecule has 1 aliphatic carbocycles. The van der Waals surface area contributed by atoms with Gasteiger partial charge in [0.1, 0.15) is 18.0 Å². The van der Waals surface area contributed by atoms with Crippen LogP contribution in [0.15, 0.2) is 48.8 Å². The molecule has 0 radical (unpaired) electrons. The van der Waals surface area contributed by atoms with Crippen LogP contribution >= 0.6 is 0 Å². The van der Waals surface area contributed by atoms with E-state index >= 15 is 0 Å². The zero-order valence-corrected chi connectivity index (χ0v) is 22.4. The van der Waals surface area contributed by atoms with Gasteiger partial charge in [0.25, 0.3) is 5.91 Å². The number of amides is 2. The van der Waals surface area contributed by atoms with Crippen LogP contribution in [0.4, 0.5) is 18.9 Å². The lowest BCUT2D eigenvalue weighted by Gasteiger charge is -2.46. The number of nitrogens with zero attached hydrogens (tertiary/aromatic N) is 4. The second kappa shape index (κ2) is 11.2. The zero-order chi connectivity index (χ0) is 28.4. The number of rotatable bonds is 6. The van der Waals surface area contributed by atoms with Crippen LogP contribution in [-0.2, 0) is 15.0 Å². The smallest absolute Gasteiger partial charge is 0.351 e. The minimum absolute atomic E-state index is 0.0899. The Morgan fingerprint density at radius 2 is 1.77 bits per heavy atom. The lowest BCUT2D eigenvalue weighted by Crippen LogP contribution is -2.66. The van der Waals surface area contributed by atoms with Gasteiger partial charge in [0.2, 0.25) is 5.91 Å². The normalized spacial score (nSPS) is 20.9. The summed E-state index contributed by atoms with van der Waals surface area (Å²) in [5.74, 6) is -3.47. The molecule has 1 aliphatic heterocycles. The maximum atomic E-state index is 14.1. The van der Waals surface area contributed by atoms with E-state index in [0.717, 1.165) is 47.5 Å². The van der Waals surface area contributed by atoms with Gasteiger partial charge in [0.15, 0.2) is 6.19 Å². The molecule has 2 aliphatic rings. The summed E-state index contributed by atoms with van der Waals surface area (Å²) in [7, 11) is 0. The van der Waals surface area contributed by atoms with Gasteiger partial charge in [0, 0.05) is 36.2 Å². The van der Waals surface area contributed by atoms with Gasteiger partial charge < -0.3 is 5.32 Å². The van der Waals surface area contributed by atoms with E-state index in [9.17, 15) is 28.0 Å². The third kappa shape index (κ3) is 6.18. The number of alkyl halides is 3. The van der Waals surface area contributed by atoms with E-state index < -0.39 is 42.5 Å². The fraction of sp³-hybridized carbons (Fsp3) is 0.517. The van der Waals surface area contributed by atoms with Gasteiger partial charge in [-0.25, -0.2) is 0 Å². The SMILES string of the molecule is CC(C)(C)c1ccc(N(C(=O)C2C(C(F)(F)F)CN2C#N)C(C(=O)NC2CCCCC2)c2cccnc2)cc1. The lowest BCUT2D eigenvalue weighted by atomic mass is 9.85. The third-order valence-electron chi connectivity index (χ3n) is 7.62. The molecule has 2 heterocycles. The summed E-state index contributed by atoms with van der Waals surface area (Å²) in [5, 5.41) is 12.5. The average molecular weight is 542 g/mol. The van der Waals surface area contributed by atoms with E-state index in [1.807, 2.05) is 20.8 Å². The number of nitriles is 1. The van der Waals surface area contributed by atoms with E-state index in [-0.39, 0.29) is 17.1 Å². The van der Waals surface area contributed by atoms with Crippen molar-refractivity contribution in [3.05, 3.63) is 59.9 Å². The summed E-state index contributed by atoms with van der Waals surface area (Å²) >= 11 is 0. The Morgan fingerprint density at radius 1 is 1.10 bits per heavy atom. The number of anilines is 1. The summed E-state index contributed by atoms with van der Waals surface area (Å²) in [5.41, 5.74) is 1.39. The van der Waals surface area contributed by atoms with E-state index in [2.05, 4.69) is 10.3 Å². The molecular weight excluding hydrogens is 507 g/mol. The third-order valence-corrected chi connectivity index (χ3v) is 7.62. The standard InChI is InChI=1S/C29H34F3N5O2/c1-28(2,3)20-11-13-22(14-12-20)37(27(39)25-23(29(30,31)32)17-36(25)18-33)24(19-8-7-15-34-16-19)26(38)35-21-9-5-4-6-10-21/h7-8,11-16,21,23-25H,4-6,9-10,17H2,1-3H3,(H,35,38). The number of pyridine rings is 1. The van der Waals surface area contributed by atoms with Gasteiger partial charge in [-0.2, -0.15) is 18.4 Å². The first-order chi connectivity index (χ1) is 18.4. The largest absolute Gasteiger partial charge is 0.396 e. The minimum atomic E-state index is -4.68. The second-order valence-corrected chi connectivity index (χ2v) is 11.4. The number of halogens is 3. The van der Waals surface area contributed by atoms with Crippen molar-refractivity contribution < 1.29 is 22.8 Å². The van der Waals surface area contributed by atoms with Crippen molar-refractivity contribution >= 4 is 17.5 Å². The molecular formula is C29H34F3N5O2. The Kier molecular flexibility index (Phi) is 8.19. The van der Waals surface area contributed by atoms with Gasteiger partial charge in [-0.15, -0.1) is 0 Å².